The van der Waals surface area contributed by atoms with E-state index in [9.17, 15) is 19.2 Å². The van der Waals surface area contributed by atoms with Gasteiger partial charge in [0.05, 0.1) is 23.6 Å². The molecule has 0 aromatic heterocycles. The number of carbonyl (C=O) groups excluding carboxylic acids is 4. The predicted octanol–water partition coefficient (Wildman–Crippen LogP) is 4.34. The Morgan fingerprint density at radius 1 is 0.794 bits per heavy atom. The molecule has 3 atom stereocenters. The SMILES string of the molecule is Cc1ccc([C@@H]2OC3(C(=O)c4ccccc4C3=O)[C@@H]3C(=O)N(c4ccc(Cl)cc4)C(=O)[C@@H]32)cc1. The van der Waals surface area contributed by atoms with Gasteiger partial charge >= 0.3 is 0 Å². The number of ketones is 2. The zero-order valence-electron chi connectivity index (χ0n) is 18.0. The van der Waals surface area contributed by atoms with Gasteiger partial charge in [-0.15, -0.1) is 0 Å². The van der Waals surface area contributed by atoms with Gasteiger partial charge in [-0.1, -0.05) is 65.7 Å². The number of fused-ring (bicyclic) bond motifs is 3. The summed E-state index contributed by atoms with van der Waals surface area (Å²) in [5.41, 5.74) is 0.319. The second-order valence-electron chi connectivity index (χ2n) is 8.88. The van der Waals surface area contributed by atoms with Gasteiger partial charge in [-0.3, -0.25) is 19.2 Å². The molecule has 3 aliphatic rings. The van der Waals surface area contributed by atoms with E-state index >= 15 is 0 Å². The summed E-state index contributed by atoms with van der Waals surface area (Å²) in [5, 5.41) is 0.456. The van der Waals surface area contributed by atoms with Gasteiger partial charge in [-0.05, 0) is 36.8 Å². The van der Waals surface area contributed by atoms with Gasteiger partial charge < -0.3 is 4.74 Å². The second-order valence-corrected chi connectivity index (χ2v) is 9.32. The summed E-state index contributed by atoms with van der Waals surface area (Å²) in [6.07, 6.45) is -0.929. The molecule has 2 heterocycles. The molecule has 2 amide bonds. The maximum Gasteiger partial charge on any atom is 0.241 e. The number of anilines is 1. The standard InChI is InChI=1S/C27H18ClNO5/c1-14-6-8-15(9-7-14)22-20-21(26(33)29(25(20)32)17-12-10-16(28)11-13-17)27(34-22)23(30)18-4-2-3-5-19(18)24(27)31/h2-13,20-22H,1H3/t20-,21-,22-/m0/s1. The Morgan fingerprint density at radius 3 is 1.97 bits per heavy atom. The number of benzene rings is 3. The first-order valence-electron chi connectivity index (χ1n) is 10.9. The average molecular weight is 472 g/mol. The maximum atomic E-state index is 13.8. The fraction of sp³-hybridized carbons (Fsp3) is 0.185. The first kappa shape index (κ1) is 21.0. The summed E-state index contributed by atoms with van der Waals surface area (Å²) in [4.78, 5) is 56.0. The third kappa shape index (κ3) is 2.61. The molecule has 0 radical (unpaired) electrons. The molecule has 1 spiro atoms. The minimum absolute atomic E-state index is 0.209. The van der Waals surface area contributed by atoms with Crippen LogP contribution in [0.4, 0.5) is 5.69 Å². The number of ether oxygens (including phenoxy) is 1. The quantitative estimate of drug-likeness (QED) is 0.410. The number of carbonyl (C=O) groups is 4. The first-order valence-corrected chi connectivity index (χ1v) is 11.3. The monoisotopic (exact) mass is 471 g/mol. The highest BCUT2D eigenvalue weighted by atomic mass is 35.5. The lowest BCUT2D eigenvalue weighted by Crippen LogP contribution is -2.51. The third-order valence-corrected chi connectivity index (χ3v) is 7.26. The molecule has 3 aromatic rings. The van der Waals surface area contributed by atoms with Gasteiger partial charge in [0, 0.05) is 16.1 Å². The lowest BCUT2D eigenvalue weighted by Gasteiger charge is -2.27. The van der Waals surface area contributed by atoms with Crippen molar-refractivity contribution in [2.24, 2.45) is 11.8 Å². The van der Waals surface area contributed by atoms with E-state index in [4.69, 9.17) is 16.3 Å². The Labute approximate surface area is 200 Å². The molecule has 0 unspecified atom stereocenters. The third-order valence-electron chi connectivity index (χ3n) is 7.01. The Balaban J connectivity index is 1.54. The first-order chi connectivity index (χ1) is 16.3. The van der Waals surface area contributed by atoms with Gasteiger partial charge in [-0.2, -0.15) is 0 Å². The summed E-state index contributed by atoms with van der Waals surface area (Å²) in [5.74, 6) is -4.56. The molecule has 6 nitrogen and oxygen atoms in total. The highest BCUT2D eigenvalue weighted by Gasteiger charge is 2.74. The van der Waals surface area contributed by atoms with Crippen LogP contribution in [0, 0.1) is 18.8 Å². The van der Waals surface area contributed by atoms with E-state index in [0.29, 0.717) is 16.3 Å². The Hall–Kier alpha value is -3.61. The number of hydrogen-bond donors (Lipinski definition) is 0. The van der Waals surface area contributed by atoms with Crippen LogP contribution in [-0.2, 0) is 14.3 Å². The molecule has 6 rings (SSSR count). The number of aryl methyl sites for hydroxylation is 1. The zero-order valence-corrected chi connectivity index (χ0v) is 18.8. The number of Topliss-reactive ketones (excluding diaryl/α,β-unsaturated/α-hetero) is 2. The van der Waals surface area contributed by atoms with E-state index in [1.165, 1.54) is 0 Å². The molecule has 2 aliphatic heterocycles. The van der Waals surface area contributed by atoms with Gasteiger partial charge in [0.2, 0.25) is 29.0 Å². The highest BCUT2D eigenvalue weighted by molar-refractivity contribution is 6.37. The number of halogens is 1. The van der Waals surface area contributed by atoms with Crippen molar-refractivity contribution in [3.8, 4) is 0 Å². The topological polar surface area (TPSA) is 80.8 Å². The molecule has 34 heavy (non-hydrogen) atoms. The Morgan fingerprint density at radius 2 is 1.38 bits per heavy atom. The van der Waals surface area contributed by atoms with E-state index in [0.717, 1.165) is 10.5 Å². The van der Waals surface area contributed by atoms with Gasteiger partial charge in [0.15, 0.2) is 0 Å². The highest BCUT2D eigenvalue weighted by Crippen LogP contribution is 2.57. The number of rotatable bonds is 2. The fourth-order valence-corrected chi connectivity index (χ4v) is 5.54. The van der Waals surface area contributed by atoms with E-state index < -0.39 is 46.9 Å². The summed E-state index contributed by atoms with van der Waals surface area (Å²) < 4.78 is 6.27. The van der Waals surface area contributed by atoms with Crippen LogP contribution in [0.1, 0.15) is 37.9 Å². The average Bonchev–Trinajstić information content (AvgIpc) is 3.40. The van der Waals surface area contributed by atoms with Crippen molar-refractivity contribution in [2.45, 2.75) is 18.6 Å². The van der Waals surface area contributed by atoms with Crippen LogP contribution in [0.15, 0.2) is 72.8 Å². The van der Waals surface area contributed by atoms with E-state index in [2.05, 4.69) is 0 Å². The van der Waals surface area contributed by atoms with Crippen molar-refractivity contribution >= 4 is 40.7 Å². The van der Waals surface area contributed by atoms with Crippen molar-refractivity contribution in [1.82, 2.24) is 0 Å². The molecule has 0 saturated carbocycles. The molecular formula is C27H18ClNO5. The summed E-state index contributed by atoms with van der Waals surface area (Å²) in [7, 11) is 0. The summed E-state index contributed by atoms with van der Waals surface area (Å²) in [6.45, 7) is 1.93. The molecule has 7 heteroatoms. The zero-order chi connectivity index (χ0) is 23.8. The summed E-state index contributed by atoms with van der Waals surface area (Å²) in [6, 6.07) is 20.1. The van der Waals surface area contributed by atoms with Crippen LogP contribution in [0.2, 0.25) is 5.02 Å². The van der Waals surface area contributed by atoms with E-state index in [1.54, 1.807) is 60.7 Å². The van der Waals surface area contributed by atoms with Crippen molar-refractivity contribution in [3.05, 3.63) is 100 Å². The van der Waals surface area contributed by atoms with Crippen molar-refractivity contribution in [3.63, 3.8) is 0 Å². The van der Waals surface area contributed by atoms with Gasteiger partial charge in [-0.25, -0.2) is 4.90 Å². The molecule has 2 fully saturated rings. The van der Waals surface area contributed by atoms with Gasteiger partial charge in [0.25, 0.3) is 0 Å². The molecule has 0 N–H and O–H groups in total. The lowest BCUT2D eigenvalue weighted by atomic mass is 9.77. The van der Waals surface area contributed by atoms with Crippen LogP contribution in [0.3, 0.4) is 0 Å². The van der Waals surface area contributed by atoms with Crippen LogP contribution < -0.4 is 4.90 Å². The van der Waals surface area contributed by atoms with Crippen molar-refractivity contribution < 1.29 is 23.9 Å². The number of imide groups is 1. The molecule has 3 aromatic carbocycles. The molecular weight excluding hydrogens is 454 g/mol. The molecule has 0 bridgehead atoms. The lowest BCUT2D eigenvalue weighted by molar-refractivity contribution is -0.127. The summed E-state index contributed by atoms with van der Waals surface area (Å²) >= 11 is 5.99. The Kier molecular flexibility index (Phi) is 4.43. The van der Waals surface area contributed by atoms with Crippen LogP contribution >= 0.6 is 11.6 Å². The normalized spacial score (nSPS) is 24.8. The van der Waals surface area contributed by atoms with Gasteiger partial charge in [0.1, 0.15) is 0 Å². The number of nitrogens with zero attached hydrogens (tertiary/aromatic N) is 1. The van der Waals surface area contributed by atoms with E-state index in [1.807, 2.05) is 19.1 Å². The largest absolute Gasteiger partial charge is 0.349 e. The van der Waals surface area contributed by atoms with Crippen molar-refractivity contribution in [2.75, 3.05) is 4.90 Å². The fourth-order valence-electron chi connectivity index (χ4n) is 5.42. The second kappa shape index (κ2) is 7.19. The number of hydrogen-bond acceptors (Lipinski definition) is 5. The van der Waals surface area contributed by atoms with Crippen LogP contribution in [0.25, 0.3) is 0 Å². The molecule has 168 valence electrons. The minimum Gasteiger partial charge on any atom is -0.349 e. The minimum atomic E-state index is -2.07. The van der Waals surface area contributed by atoms with Crippen molar-refractivity contribution in [1.29, 1.82) is 0 Å². The van der Waals surface area contributed by atoms with E-state index in [-0.39, 0.29) is 11.1 Å². The molecule has 1 aliphatic carbocycles. The smallest absolute Gasteiger partial charge is 0.241 e. The molecule has 2 saturated heterocycles. The maximum absolute atomic E-state index is 13.8. The predicted molar refractivity (Wildman–Crippen MR) is 124 cm³/mol. The number of amides is 2. The van der Waals surface area contributed by atoms with Crippen LogP contribution in [-0.4, -0.2) is 29.0 Å². The Bertz CT molecular complexity index is 1360. The van der Waals surface area contributed by atoms with Crippen LogP contribution in [0.5, 0.6) is 0 Å².